The maximum Gasteiger partial charge on any atom is 0.178 e. The minimum Gasteiger partial charge on any atom is -0.316 e. The van der Waals surface area contributed by atoms with E-state index in [2.05, 4.69) is 5.32 Å². The van der Waals surface area contributed by atoms with Crippen molar-refractivity contribution in [3.8, 4) is 0 Å². The van der Waals surface area contributed by atoms with E-state index in [4.69, 9.17) is 0 Å². The summed E-state index contributed by atoms with van der Waals surface area (Å²) in [5, 5.41) is 3.18. The molecule has 1 fully saturated rings. The van der Waals surface area contributed by atoms with Crippen molar-refractivity contribution in [2.75, 3.05) is 18.8 Å². The number of hydrogen-bond donors (Lipinski definition) is 1. The standard InChI is InChI=1S/C14H19NO2S/c16-18(17,7-6-11-9-15-10-11)14-5-4-12-2-1-3-13(12)8-14/h4-5,8,11,15H,1-3,6-7,9-10H2. The molecule has 2 aliphatic rings. The Hall–Kier alpha value is -0.870. The van der Waals surface area contributed by atoms with Crippen LogP contribution in [-0.2, 0) is 22.7 Å². The highest BCUT2D eigenvalue weighted by atomic mass is 32.2. The molecule has 1 aromatic rings. The predicted octanol–water partition coefficient (Wildman–Crippen LogP) is 1.56. The second-order valence-corrected chi connectivity index (χ2v) is 7.53. The fourth-order valence-corrected chi connectivity index (χ4v) is 4.21. The minimum atomic E-state index is -3.08. The topological polar surface area (TPSA) is 46.2 Å². The van der Waals surface area contributed by atoms with Crippen LogP contribution in [0, 0.1) is 5.92 Å². The second kappa shape index (κ2) is 4.67. The van der Waals surface area contributed by atoms with Crippen LogP contribution < -0.4 is 5.32 Å². The quantitative estimate of drug-likeness (QED) is 0.898. The first-order valence-corrected chi connectivity index (χ1v) is 8.36. The zero-order valence-electron chi connectivity index (χ0n) is 10.5. The highest BCUT2D eigenvalue weighted by Crippen LogP contribution is 2.25. The predicted molar refractivity (Wildman–Crippen MR) is 71.5 cm³/mol. The summed E-state index contributed by atoms with van der Waals surface area (Å²) in [6.45, 7) is 1.94. The number of sulfone groups is 1. The van der Waals surface area contributed by atoms with Crippen molar-refractivity contribution in [3.63, 3.8) is 0 Å². The van der Waals surface area contributed by atoms with Crippen molar-refractivity contribution in [2.45, 2.75) is 30.6 Å². The number of hydrogen-bond acceptors (Lipinski definition) is 3. The van der Waals surface area contributed by atoms with Gasteiger partial charge in [0.1, 0.15) is 0 Å². The zero-order chi connectivity index (χ0) is 12.6. The summed E-state index contributed by atoms with van der Waals surface area (Å²) in [4.78, 5) is 0.524. The van der Waals surface area contributed by atoms with Crippen molar-refractivity contribution in [2.24, 2.45) is 5.92 Å². The molecule has 0 unspecified atom stereocenters. The van der Waals surface area contributed by atoms with E-state index in [-0.39, 0.29) is 5.75 Å². The van der Waals surface area contributed by atoms with Gasteiger partial charge in [0.15, 0.2) is 9.84 Å². The SMILES string of the molecule is O=S(=O)(CCC1CNC1)c1ccc2c(c1)CCC2. The monoisotopic (exact) mass is 265 g/mol. The normalized spacial score (nSPS) is 19.6. The molecule has 1 N–H and O–H groups in total. The van der Waals surface area contributed by atoms with E-state index < -0.39 is 9.84 Å². The molecule has 18 heavy (non-hydrogen) atoms. The molecular formula is C14H19NO2S. The first-order chi connectivity index (χ1) is 8.65. The lowest BCUT2D eigenvalue weighted by Gasteiger charge is -2.26. The second-order valence-electron chi connectivity index (χ2n) is 5.42. The number of rotatable bonds is 4. The molecule has 0 saturated carbocycles. The lowest BCUT2D eigenvalue weighted by atomic mass is 10.0. The molecule has 0 amide bonds. The molecule has 4 heteroatoms. The summed E-state index contributed by atoms with van der Waals surface area (Å²) < 4.78 is 24.5. The Bertz CT molecular complexity index is 547. The van der Waals surface area contributed by atoms with Crippen LogP contribution in [0.4, 0.5) is 0 Å². The summed E-state index contributed by atoms with van der Waals surface area (Å²) >= 11 is 0. The van der Waals surface area contributed by atoms with Gasteiger partial charge >= 0.3 is 0 Å². The van der Waals surface area contributed by atoms with Gasteiger partial charge in [-0.2, -0.15) is 0 Å². The molecule has 1 aliphatic carbocycles. The molecular weight excluding hydrogens is 246 g/mol. The molecule has 3 rings (SSSR count). The molecule has 0 atom stereocenters. The van der Waals surface area contributed by atoms with E-state index in [9.17, 15) is 8.42 Å². The molecule has 0 spiro atoms. The van der Waals surface area contributed by atoms with Gasteiger partial charge in [0.25, 0.3) is 0 Å². The zero-order valence-corrected chi connectivity index (χ0v) is 11.3. The van der Waals surface area contributed by atoms with Crippen molar-refractivity contribution in [1.29, 1.82) is 0 Å². The molecule has 0 bridgehead atoms. The van der Waals surface area contributed by atoms with Gasteiger partial charge in [-0.25, -0.2) is 8.42 Å². The van der Waals surface area contributed by atoms with E-state index >= 15 is 0 Å². The van der Waals surface area contributed by atoms with Crippen molar-refractivity contribution < 1.29 is 8.42 Å². The lowest BCUT2D eigenvalue weighted by molar-refractivity contribution is 0.339. The maximum absolute atomic E-state index is 12.3. The third kappa shape index (κ3) is 2.31. The molecule has 98 valence electrons. The number of nitrogens with one attached hydrogen (secondary N) is 1. The van der Waals surface area contributed by atoms with E-state index in [0.717, 1.165) is 38.8 Å². The number of fused-ring (bicyclic) bond motifs is 1. The van der Waals surface area contributed by atoms with Gasteiger partial charge in [0.2, 0.25) is 0 Å². The summed E-state index contributed by atoms with van der Waals surface area (Å²) in [6.07, 6.45) is 4.08. The fourth-order valence-electron chi connectivity index (χ4n) is 2.73. The van der Waals surface area contributed by atoms with Crippen LogP contribution >= 0.6 is 0 Å². The van der Waals surface area contributed by atoms with E-state index in [1.54, 1.807) is 6.07 Å². The summed E-state index contributed by atoms with van der Waals surface area (Å²) in [6, 6.07) is 5.69. The Morgan fingerprint density at radius 3 is 2.67 bits per heavy atom. The largest absolute Gasteiger partial charge is 0.316 e. The minimum absolute atomic E-state index is 0.290. The third-order valence-electron chi connectivity index (χ3n) is 4.09. The Morgan fingerprint density at radius 2 is 1.94 bits per heavy atom. The lowest BCUT2D eigenvalue weighted by Crippen LogP contribution is -2.42. The molecule has 1 aliphatic heterocycles. The first-order valence-electron chi connectivity index (χ1n) is 6.70. The molecule has 0 radical (unpaired) electrons. The molecule has 1 aromatic carbocycles. The Kier molecular flexibility index (Phi) is 3.16. The van der Waals surface area contributed by atoms with Crippen LogP contribution in [0.1, 0.15) is 24.0 Å². The average Bonchev–Trinajstić information content (AvgIpc) is 2.73. The molecule has 1 heterocycles. The smallest absolute Gasteiger partial charge is 0.178 e. The first kappa shape index (κ1) is 12.2. The van der Waals surface area contributed by atoms with Gasteiger partial charge in [-0.3, -0.25) is 0 Å². The molecule has 1 saturated heterocycles. The van der Waals surface area contributed by atoms with Crippen LogP contribution in [0.2, 0.25) is 0 Å². The van der Waals surface area contributed by atoms with Gasteiger partial charge in [-0.15, -0.1) is 0 Å². The Labute approximate surface area is 109 Å². The van der Waals surface area contributed by atoms with Crippen molar-refractivity contribution >= 4 is 9.84 Å². The van der Waals surface area contributed by atoms with Crippen LogP contribution in [0.15, 0.2) is 23.1 Å². The van der Waals surface area contributed by atoms with E-state index in [1.807, 2.05) is 12.1 Å². The van der Waals surface area contributed by atoms with Gasteiger partial charge in [0, 0.05) is 0 Å². The van der Waals surface area contributed by atoms with Gasteiger partial charge in [-0.05, 0) is 68.0 Å². The van der Waals surface area contributed by atoms with Crippen molar-refractivity contribution in [1.82, 2.24) is 5.32 Å². The van der Waals surface area contributed by atoms with Gasteiger partial charge < -0.3 is 5.32 Å². The maximum atomic E-state index is 12.3. The summed E-state index contributed by atoms with van der Waals surface area (Å²) in [5.41, 5.74) is 2.57. The Morgan fingerprint density at radius 1 is 1.17 bits per heavy atom. The summed E-state index contributed by atoms with van der Waals surface area (Å²) in [7, 11) is -3.08. The fraction of sp³-hybridized carbons (Fsp3) is 0.571. The van der Waals surface area contributed by atoms with Crippen LogP contribution in [0.3, 0.4) is 0 Å². The van der Waals surface area contributed by atoms with E-state index in [0.29, 0.717) is 10.8 Å². The van der Waals surface area contributed by atoms with E-state index in [1.165, 1.54) is 11.1 Å². The highest BCUT2D eigenvalue weighted by Gasteiger charge is 2.22. The molecule has 0 aromatic heterocycles. The summed E-state index contributed by atoms with van der Waals surface area (Å²) in [5.74, 6) is 0.840. The van der Waals surface area contributed by atoms with Crippen molar-refractivity contribution in [3.05, 3.63) is 29.3 Å². The number of benzene rings is 1. The van der Waals surface area contributed by atoms with Crippen LogP contribution in [0.5, 0.6) is 0 Å². The van der Waals surface area contributed by atoms with Gasteiger partial charge in [0.05, 0.1) is 10.6 Å². The van der Waals surface area contributed by atoms with Crippen LogP contribution in [0.25, 0.3) is 0 Å². The third-order valence-corrected chi connectivity index (χ3v) is 5.84. The van der Waals surface area contributed by atoms with Crippen LogP contribution in [-0.4, -0.2) is 27.3 Å². The Balaban J connectivity index is 1.75. The number of aryl methyl sites for hydroxylation is 2. The average molecular weight is 265 g/mol. The molecule has 3 nitrogen and oxygen atoms in total. The highest BCUT2D eigenvalue weighted by molar-refractivity contribution is 7.91. The van der Waals surface area contributed by atoms with Gasteiger partial charge in [-0.1, -0.05) is 6.07 Å².